The summed E-state index contributed by atoms with van der Waals surface area (Å²) in [6, 6.07) is 8.96. The lowest BCUT2D eigenvalue weighted by Gasteiger charge is -2.32. The van der Waals surface area contributed by atoms with Gasteiger partial charge >= 0.3 is 0 Å². The van der Waals surface area contributed by atoms with Gasteiger partial charge in [-0.3, -0.25) is 0 Å². The maximum Gasteiger partial charge on any atom is 0.0574 e. The number of benzene rings is 1. The van der Waals surface area contributed by atoms with Crippen LogP contribution in [-0.4, -0.2) is 24.3 Å². The van der Waals surface area contributed by atoms with Gasteiger partial charge in [0.05, 0.1) is 6.10 Å². The molecule has 1 aromatic rings. The van der Waals surface area contributed by atoms with Crippen molar-refractivity contribution < 1.29 is 5.11 Å². The van der Waals surface area contributed by atoms with E-state index in [9.17, 15) is 5.11 Å². The Kier molecular flexibility index (Phi) is 3.23. The van der Waals surface area contributed by atoms with E-state index in [-0.39, 0.29) is 6.10 Å². The number of aliphatic hydroxyl groups is 1. The van der Waals surface area contributed by atoms with E-state index in [1.807, 2.05) is 12.1 Å². The van der Waals surface area contributed by atoms with Gasteiger partial charge in [-0.2, -0.15) is 0 Å². The van der Waals surface area contributed by atoms with Crippen molar-refractivity contribution in [1.29, 1.82) is 0 Å². The molecule has 0 bridgehead atoms. The van der Waals surface area contributed by atoms with Crippen LogP contribution in [0.3, 0.4) is 0 Å². The van der Waals surface area contributed by atoms with Gasteiger partial charge in [-0.25, -0.2) is 0 Å². The molecule has 1 aliphatic heterocycles. The van der Waals surface area contributed by atoms with Crippen LogP contribution in [0.15, 0.2) is 18.2 Å². The first-order valence-corrected chi connectivity index (χ1v) is 5.43. The van der Waals surface area contributed by atoms with Crippen LogP contribution in [0.4, 0.5) is 5.69 Å². The van der Waals surface area contributed by atoms with Gasteiger partial charge in [0.1, 0.15) is 0 Å². The van der Waals surface area contributed by atoms with Crippen molar-refractivity contribution in [3.05, 3.63) is 29.8 Å². The van der Waals surface area contributed by atoms with Crippen molar-refractivity contribution >= 4 is 5.69 Å². The Morgan fingerprint density at radius 2 is 2.20 bits per heavy atom. The minimum Gasteiger partial charge on any atom is -0.393 e. The third-order valence-corrected chi connectivity index (χ3v) is 2.95. The van der Waals surface area contributed by atoms with Crippen LogP contribution < -0.4 is 10.6 Å². The highest BCUT2D eigenvalue weighted by Crippen LogP contribution is 2.23. The van der Waals surface area contributed by atoms with Crippen LogP contribution in [0.1, 0.15) is 18.4 Å². The van der Waals surface area contributed by atoms with Crippen molar-refractivity contribution in [3.63, 3.8) is 0 Å². The number of anilines is 1. The van der Waals surface area contributed by atoms with E-state index in [2.05, 4.69) is 17.0 Å². The summed E-state index contributed by atoms with van der Waals surface area (Å²) in [5.74, 6) is 0. The molecule has 1 radical (unpaired) electrons. The van der Waals surface area contributed by atoms with Crippen molar-refractivity contribution in [2.24, 2.45) is 5.73 Å². The first kappa shape index (κ1) is 10.5. The van der Waals surface area contributed by atoms with Crippen molar-refractivity contribution in [2.45, 2.75) is 25.5 Å². The minimum absolute atomic E-state index is 0.127. The quantitative estimate of drug-likeness (QED) is 0.754. The second-order valence-corrected chi connectivity index (χ2v) is 3.98. The number of aliphatic hydroxyl groups excluding tert-OH is 1. The zero-order valence-corrected chi connectivity index (χ0v) is 8.82. The molecular formula is C12H17N2O. The molecule has 3 N–H and O–H groups in total. The van der Waals surface area contributed by atoms with Gasteiger partial charge in [-0.1, -0.05) is 6.07 Å². The third-order valence-electron chi connectivity index (χ3n) is 2.95. The summed E-state index contributed by atoms with van der Waals surface area (Å²) in [4.78, 5) is 2.29. The molecule has 0 saturated carbocycles. The molecule has 3 nitrogen and oxygen atoms in total. The Bertz CT molecular complexity index is 319. The molecule has 1 aliphatic rings. The van der Waals surface area contributed by atoms with Gasteiger partial charge < -0.3 is 15.7 Å². The summed E-state index contributed by atoms with van der Waals surface area (Å²) in [6.45, 7) is 2.38. The molecule has 2 rings (SSSR count). The normalized spacial score (nSPS) is 18.1. The lowest BCUT2D eigenvalue weighted by Crippen LogP contribution is -2.36. The average molecular weight is 205 g/mol. The van der Waals surface area contributed by atoms with Crippen LogP contribution in [0.25, 0.3) is 0 Å². The van der Waals surface area contributed by atoms with E-state index in [1.165, 1.54) is 5.69 Å². The van der Waals surface area contributed by atoms with Crippen LogP contribution in [0, 0.1) is 6.07 Å². The molecule has 0 atom stereocenters. The Morgan fingerprint density at radius 3 is 2.87 bits per heavy atom. The zero-order valence-electron chi connectivity index (χ0n) is 8.82. The summed E-state index contributed by atoms with van der Waals surface area (Å²) in [5.41, 5.74) is 8.02. The number of nitrogens with two attached hydrogens (primary N) is 1. The summed E-state index contributed by atoms with van der Waals surface area (Å²) in [5, 5.41) is 9.44. The molecule has 1 aromatic carbocycles. The monoisotopic (exact) mass is 205 g/mol. The van der Waals surface area contributed by atoms with Crippen LogP contribution in [0.2, 0.25) is 0 Å². The molecular weight excluding hydrogens is 188 g/mol. The van der Waals surface area contributed by atoms with E-state index in [4.69, 9.17) is 5.73 Å². The van der Waals surface area contributed by atoms with Gasteiger partial charge in [0.25, 0.3) is 0 Å². The zero-order chi connectivity index (χ0) is 10.7. The molecule has 0 spiro atoms. The highest BCUT2D eigenvalue weighted by molar-refractivity contribution is 5.53. The second kappa shape index (κ2) is 4.64. The highest BCUT2D eigenvalue weighted by Gasteiger charge is 2.18. The molecule has 3 heteroatoms. The SMILES string of the molecule is NCc1c[c]ccc1N1CCC(O)CC1. The number of nitrogens with zero attached hydrogens (tertiary/aromatic N) is 1. The first-order chi connectivity index (χ1) is 7.31. The topological polar surface area (TPSA) is 49.5 Å². The molecule has 1 heterocycles. The fourth-order valence-corrected chi connectivity index (χ4v) is 2.04. The summed E-state index contributed by atoms with van der Waals surface area (Å²) in [7, 11) is 0. The lowest BCUT2D eigenvalue weighted by molar-refractivity contribution is 0.145. The molecule has 0 aromatic heterocycles. The molecule has 0 aliphatic carbocycles. The highest BCUT2D eigenvalue weighted by atomic mass is 16.3. The number of piperidine rings is 1. The van der Waals surface area contributed by atoms with Crippen LogP contribution in [0.5, 0.6) is 0 Å². The molecule has 1 saturated heterocycles. The third kappa shape index (κ3) is 2.30. The maximum atomic E-state index is 9.44. The van der Waals surface area contributed by atoms with Gasteiger partial charge in [-0.15, -0.1) is 0 Å². The van der Waals surface area contributed by atoms with Crippen LogP contribution in [-0.2, 0) is 6.54 Å². The Labute approximate surface area is 90.5 Å². The lowest BCUT2D eigenvalue weighted by atomic mass is 10.1. The minimum atomic E-state index is -0.127. The smallest absolute Gasteiger partial charge is 0.0574 e. The fraction of sp³-hybridized carbons (Fsp3) is 0.500. The maximum absolute atomic E-state index is 9.44. The number of hydrogen-bond acceptors (Lipinski definition) is 3. The Morgan fingerprint density at radius 1 is 1.47 bits per heavy atom. The predicted molar refractivity (Wildman–Crippen MR) is 60.6 cm³/mol. The van der Waals surface area contributed by atoms with Gasteiger partial charge in [0.15, 0.2) is 0 Å². The first-order valence-electron chi connectivity index (χ1n) is 5.43. The van der Waals surface area contributed by atoms with Gasteiger partial charge in [0.2, 0.25) is 0 Å². The van der Waals surface area contributed by atoms with Crippen LogP contribution >= 0.6 is 0 Å². The molecule has 1 fully saturated rings. The van der Waals surface area contributed by atoms with Crippen molar-refractivity contribution in [2.75, 3.05) is 18.0 Å². The summed E-state index contributed by atoms with van der Waals surface area (Å²) in [6.07, 6.45) is 1.57. The summed E-state index contributed by atoms with van der Waals surface area (Å²) < 4.78 is 0. The largest absolute Gasteiger partial charge is 0.393 e. The molecule has 0 unspecified atom stereocenters. The van der Waals surface area contributed by atoms with Gasteiger partial charge in [0, 0.05) is 25.3 Å². The average Bonchev–Trinajstić information content (AvgIpc) is 2.30. The second-order valence-electron chi connectivity index (χ2n) is 3.98. The van der Waals surface area contributed by atoms with E-state index in [1.54, 1.807) is 0 Å². The van der Waals surface area contributed by atoms with E-state index in [0.717, 1.165) is 31.5 Å². The van der Waals surface area contributed by atoms with E-state index >= 15 is 0 Å². The number of rotatable bonds is 2. The molecule has 0 amide bonds. The van der Waals surface area contributed by atoms with Crippen molar-refractivity contribution in [3.8, 4) is 0 Å². The van der Waals surface area contributed by atoms with E-state index in [0.29, 0.717) is 6.54 Å². The fourth-order valence-electron chi connectivity index (χ4n) is 2.04. The Balaban J connectivity index is 2.15. The molecule has 81 valence electrons. The standard InChI is InChI=1S/C12H17N2O/c13-9-10-3-1-2-4-12(10)14-7-5-11(15)6-8-14/h2-4,11,15H,5-9,13H2. The van der Waals surface area contributed by atoms with Gasteiger partial charge in [-0.05, 0) is 36.6 Å². The predicted octanol–water partition coefficient (Wildman–Crippen LogP) is 0.907. The van der Waals surface area contributed by atoms with Crippen molar-refractivity contribution in [1.82, 2.24) is 0 Å². The van der Waals surface area contributed by atoms with E-state index < -0.39 is 0 Å². The Hall–Kier alpha value is -1.06. The molecule has 15 heavy (non-hydrogen) atoms. The number of hydrogen-bond donors (Lipinski definition) is 2. The summed E-state index contributed by atoms with van der Waals surface area (Å²) >= 11 is 0.